The number of hydrogen-bond acceptors (Lipinski definition) is 4. The lowest BCUT2D eigenvalue weighted by Crippen LogP contribution is -2.20. The van der Waals surface area contributed by atoms with Gasteiger partial charge < -0.3 is 10.3 Å². The molecule has 3 aromatic rings. The molecule has 3 N–H and O–H groups in total. The summed E-state index contributed by atoms with van der Waals surface area (Å²) < 4.78 is 55.0. The molecule has 1 aliphatic carbocycles. The Morgan fingerprint density at radius 2 is 2.06 bits per heavy atom. The molecule has 31 heavy (non-hydrogen) atoms. The summed E-state index contributed by atoms with van der Waals surface area (Å²) in [5.41, 5.74) is 0.670. The third-order valence-electron chi connectivity index (χ3n) is 5.14. The first-order valence-electron chi connectivity index (χ1n) is 10.0. The Labute approximate surface area is 178 Å². The van der Waals surface area contributed by atoms with Gasteiger partial charge in [-0.2, -0.15) is 0 Å². The molecule has 0 aliphatic heterocycles. The van der Waals surface area contributed by atoms with E-state index in [1.165, 1.54) is 19.0 Å². The van der Waals surface area contributed by atoms with E-state index in [-0.39, 0.29) is 11.4 Å². The Balaban J connectivity index is 1.60. The van der Waals surface area contributed by atoms with Crippen LogP contribution in [0.4, 0.5) is 20.2 Å². The number of anilines is 2. The van der Waals surface area contributed by atoms with Gasteiger partial charge >= 0.3 is 0 Å². The first-order chi connectivity index (χ1) is 14.8. The third kappa shape index (κ3) is 4.68. The van der Waals surface area contributed by atoms with Crippen molar-refractivity contribution in [2.45, 2.75) is 32.6 Å². The molecule has 0 saturated heterocycles. The van der Waals surface area contributed by atoms with Gasteiger partial charge in [0.1, 0.15) is 17.0 Å². The van der Waals surface area contributed by atoms with Crippen molar-refractivity contribution in [2.75, 3.05) is 15.8 Å². The SMILES string of the molecule is CCCS(=O)(=O)Nc1ccc(F)c(C(=O)Nc2cnc3[nH]cc(CC4CC4)c3c2)c1F. The largest absolute Gasteiger partial charge is 0.346 e. The number of aromatic nitrogens is 2. The number of nitrogens with zero attached hydrogens (tertiary/aromatic N) is 1. The number of carbonyl (C=O) groups is 1. The Morgan fingerprint density at radius 1 is 1.29 bits per heavy atom. The van der Waals surface area contributed by atoms with Gasteiger partial charge in [-0.3, -0.25) is 9.52 Å². The highest BCUT2D eigenvalue weighted by atomic mass is 32.2. The number of sulfonamides is 1. The summed E-state index contributed by atoms with van der Waals surface area (Å²) in [5.74, 6) is -2.98. The normalized spacial score (nSPS) is 14.0. The number of nitrogens with one attached hydrogen (secondary N) is 3. The molecule has 1 aromatic carbocycles. The summed E-state index contributed by atoms with van der Waals surface area (Å²) in [6, 6.07) is 3.51. The fourth-order valence-electron chi connectivity index (χ4n) is 3.45. The van der Waals surface area contributed by atoms with Crippen molar-refractivity contribution in [1.29, 1.82) is 0 Å². The average Bonchev–Trinajstić information content (AvgIpc) is 3.44. The molecule has 1 amide bonds. The van der Waals surface area contributed by atoms with Gasteiger partial charge in [0, 0.05) is 11.6 Å². The molecule has 1 saturated carbocycles. The predicted octanol–water partition coefficient (Wildman–Crippen LogP) is 4.20. The van der Waals surface area contributed by atoms with Crippen LogP contribution in [-0.4, -0.2) is 30.0 Å². The van der Waals surface area contributed by atoms with Crippen LogP contribution in [-0.2, 0) is 16.4 Å². The van der Waals surface area contributed by atoms with Crippen LogP contribution in [0.2, 0.25) is 0 Å². The van der Waals surface area contributed by atoms with Gasteiger partial charge in [0.25, 0.3) is 5.91 Å². The fourth-order valence-corrected chi connectivity index (χ4v) is 4.58. The second-order valence-corrected chi connectivity index (χ2v) is 9.58. The molecule has 164 valence electrons. The summed E-state index contributed by atoms with van der Waals surface area (Å²) >= 11 is 0. The van der Waals surface area contributed by atoms with Crippen molar-refractivity contribution >= 4 is 38.3 Å². The van der Waals surface area contributed by atoms with Crippen LogP contribution in [0, 0.1) is 17.6 Å². The van der Waals surface area contributed by atoms with E-state index in [0.717, 1.165) is 29.5 Å². The number of rotatable bonds is 8. The van der Waals surface area contributed by atoms with Gasteiger partial charge in [-0.05, 0) is 55.4 Å². The maximum atomic E-state index is 14.8. The Kier molecular flexibility index (Phi) is 5.65. The average molecular weight is 448 g/mol. The molecule has 7 nitrogen and oxygen atoms in total. The summed E-state index contributed by atoms with van der Waals surface area (Å²) in [7, 11) is -3.81. The number of hydrogen-bond donors (Lipinski definition) is 3. The molecule has 0 radical (unpaired) electrons. The van der Waals surface area contributed by atoms with Gasteiger partial charge in [-0.1, -0.05) is 6.92 Å². The molecule has 1 fully saturated rings. The van der Waals surface area contributed by atoms with E-state index in [4.69, 9.17) is 0 Å². The minimum atomic E-state index is -3.81. The summed E-state index contributed by atoms with van der Waals surface area (Å²) in [6.07, 6.45) is 6.88. The molecule has 4 rings (SSSR count). The van der Waals surface area contributed by atoms with E-state index >= 15 is 0 Å². The minimum absolute atomic E-state index is 0.225. The quantitative estimate of drug-likeness (QED) is 0.480. The van der Waals surface area contributed by atoms with Gasteiger partial charge in [-0.25, -0.2) is 22.2 Å². The second kappa shape index (κ2) is 8.26. The molecule has 2 aromatic heterocycles. The van der Waals surface area contributed by atoms with Crippen LogP contribution >= 0.6 is 0 Å². The zero-order valence-corrected chi connectivity index (χ0v) is 17.7. The number of carbonyl (C=O) groups excluding carboxylic acids is 1. The topological polar surface area (TPSA) is 104 Å². The van der Waals surface area contributed by atoms with Crippen molar-refractivity contribution in [3.8, 4) is 0 Å². The van der Waals surface area contributed by atoms with Gasteiger partial charge in [0.15, 0.2) is 5.82 Å². The van der Waals surface area contributed by atoms with Crippen LogP contribution in [0.15, 0.2) is 30.6 Å². The predicted molar refractivity (Wildman–Crippen MR) is 115 cm³/mol. The summed E-state index contributed by atoms with van der Waals surface area (Å²) in [6.45, 7) is 1.66. The van der Waals surface area contributed by atoms with Crippen molar-refractivity contribution in [1.82, 2.24) is 9.97 Å². The van der Waals surface area contributed by atoms with E-state index < -0.39 is 38.8 Å². The highest BCUT2D eigenvalue weighted by Crippen LogP contribution is 2.35. The van der Waals surface area contributed by atoms with E-state index in [2.05, 4.69) is 20.0 Å². The van der Waals surface area contributed by atoms with Crippen molar-refractivity contribution in [3.05, 3.63) is 53.4 Å². The number of pyridine rings is 1. The standard InChI is InChI=1S/C21H22F2N4O3S/c1-2-7-31(29,30)27-17-6-5-16(22)18(19(17)23)21(28)26-14-9-15-13(8-12-3-4-12)10-24-20(15)25-11-14/h5-6,9-12,27H,2-4,7-8H2,1H3,(H,24,25)(H,26,28). The van der Waals surface area contributed by atoms with Crippen LogP contribution < -0.4 is 10.0 Å². The van der Waals surface area contributed by atoms with Crippen molar-refractivity contribution in [3.63, 3.8) is 0 Å². The Bertz CT molecular complexity index is 1250. The van der Waals surface area contributed by atoms with E-state index in [1.807, 2.05) is 6.20 Å². The van der Waals surface area contributed by atoms with E-state index in [1.54, 1.807) is 13.0 Å². The van der Waals surface area contributed by atoms with Crippen LogP contribution in [0.25, 0.3) is 11.0 Å². The van der Waals surface area contributed by atoms with E-state index in [0.29, 0.717) is 18.0 Å². The molecule has 2 heterocycles. The lowest BCUT2D eigenvalue weighted by molar-refractivity contribution is 0.101. The van der Waals surface area contributed by atoms with Crippen molar-refractivity contribution < 1.29 is 22.0 Å². The highest BCUT2D eigenvalue weighted by Gasteiger charge is 2.25. The second-order valence-electron chi connectivity index (χ2n) is 7.74. The maximum Gasteiger partial charge on any atom is 0.261 e. The number of H-pyrrole nitrogens is 1. The molecule has 0 unspecified atom stereocenters. The lowest BCUT2D eigenvalue weighted by atomic mass is 10.1. The first kappa shape index (κ1) is 21.2. The zero-order chi connectivity index (χ0) is 22.2. The fraction of sp³-hybridized carbons (Fsp3) is 0.333. The lowest BCUT2D eigenvalue weighted by Gasteiger charge is -2.12. The van der Waals surface area contributed by atoms with Gasteiger partial charge in [0.2, 0.25) is 10.0 Å². The molecule has 0 spiro atoms. The van der Waals surface area contributed by atoms with Gasteiger partial charge in [0.05, 0.1) is 23.3 Å². The molecular formula is C21H22F2N4O3S. The molecule has 0 bridgehead atoms. The van der Waals surface area contributed by atoms with Crippen molar-refractivity contribution in [2.24, 2.45) is 5.92 Å². The summed E-state index contributed by atoms with van der Waals surface area (Å²) in [5, 5.41) is 3.30. The number of halogens is 2. The maximum absolute atomic E-state index is 14.8. The van der Waals surface area contributed by atoms with E-state index in [9.17, 15) is 22.0 Å². The molecule has 10 heteroatoms. The number of aromatic amines is 1. The number of fused-ring (bicyclic) bond motifs is 1. The third-order valence-corrected chi connectivity index (χ3v) is 6.61. The molecule has 1 aliphatic rings. The van der Waals surface area contributed by atoms with Crippen LogP contribution in [0.1, 0.15) is 42.1 Å². The first-order valence-corrected chi connectivity index (χ1v) is 11.7. The van der Waals surface area contributed by atoms with Crippen LogP contribution in [0.5, 0.6) is 0 Å². The highest BCUT2D eigenvalue weighted by molar-refractivity contribution is 7.92. The van der Waals surface area contributed by atoms with Gasteiger partial charge in [-0.15, -0.1) is 0 Å². The number of amides is 1. The van der Waals surface area contributed by atoms with Crippen LogP contribution in [0.3, 0.4) is 0 Å². The molecular weight excluding hydrogens is 426 g/mol. The summed E-state index contributed by atoms with van der Waals surface area (Å²) in [4.78, 5) is 20.0. The molecule has 0 atom stereocenters. The minimum Gasteiger partial charge on any atom is -0.346 e. The smallest absolute Gasteiger partial charge is 0.261 e. The Morgan fingerprint density at radius 3 is 2.77 bits per heavy atom. The zero-order valence-electron chi connectivity index (χ0n) is 16.8. The Hall–Kier alpha value is -3.01. The number of benzene rings is 1. The monoisotopic (exact) mass is 448 g/mol.